The largest absolute Gasteiger partial charge is 0.358 e. The van der Waals surface area contributed by atoms with Gasteiger partial charge in [0.15, 0.2) is 5.78 Å². The van der Waals surface area contributed by atoms with Crippen molar-refractivity contribution < 1.29 is 17.5 Å². The summed E-state index contributed by atoms with van der Waals surface area (Å²) in [6.07, 6.45) is 2.30. The van der Waals surface area contributed by atoms with Gasteiger partial charge in [-0.1, -0.05) is 35.0 Å². The Morgan fingerprint density at radius 1 is 1.08 bits per heavy atom. The van der Waals surface area contributed by atoms with Crippen LogP contribution in [-0.4, -0.2) is 19.9 Å². The molecule has 0 aliphatic heterocycles. The SMILES string of the molecule is CC(=O)c1ccc2c(c1)CCC/C2=N/OS(=O)(=O)c1ccc(C)cc1. The van der Waals surface area contributed by atoms with Crippen LogP contribution in [0, 0.1) is 6.92 Å². The van der Waals surface area contributed by atoms with Crippen LogP contribution in [0.15, 0.2) is 52.5 Å². The van der Waals surface area contributed by atoms with Crippen molar-refractivity contribution in [1.82, 2.24) is 0 Å². The molecule has 2 aromatic carbocycles. The summed E-state index contributed by atoms with van der Waals surface area (Å²) < 4.78 is 29.5. The maximum Gasteiger partial charge on any atom is 0.358 e. The van der Waals surface area contributed by atoms with Crippen LogP contribution >= 0.6 is 0 Å². The van der Waals surface area contributed by atoms with Crippen molar-refractivity contribution in [3.8, 4) is 0 Å². The molecule has 0 amide bonds. The molecule has 2 aromatic rings. The minimum absolute atomic E-state index is 0.00469. The van der Waals surface area contributed by atoms with Gasteiger partial charge in [-0.15, -0.1) is 0 Å². The second-order valence-electron chi connectivity index (χ2n) is 6.16. The molecule has 0 unspecified atom stereocenters. The van der Waals surface area contributed by atoms with E-state index in [1.807, 2.05) is 19.1 Å². The van der Waals surface area contributed by atoms with E-state index in [2.05, 4.69) is 5.16 Å². The lowest BCUT2D eigenvalue weighted by Gasteiger charge is -2.18. The second-order valence-corrected chi connectivity index (χ2v) is 7.69. The number of carbonyl (C=O) groups excluding carboxylic acids is 1. The summed E-state index contributed by atoms with van der Waals surface area (Å²) in [6.45, 7) is 3.41. The fourth-order valence-electron chi connectivity index (χ4n) is 2.82. The van der Waals surface area contributed by atoms with Crippen LogP contribution in [0.4, 0.5) is 0 Å². The van der Waals surface area contributed by atoms with Crippen molar-refractivity contribution in [1.29, 1.82) is 0 Å². The fourth-order valence-corrected chi connectivity index (χ4v) is 3.56. The Bertz CT molecular complexity index is 944. The first-order valence-electron chi connectivity index (χ1n) is 8.08. The zero-order chi connectivity index (χ0) is 18.0. The van der Waals surface area contributed by atoms with Gasteiger partial charge in [0.05, 0.1) is 5.71 Å². The highest BCUT2D eigenvalue weighted by molar-refractivity contribution is 7.86. The minimum Gasteiger partial charge on any atom is -0.295 e. The van der Waals surface area contributed by atoms with E-state index >= 15 is 0 Å². The summed E-state index contributed by atoms with van der Waals surface area (Å²) in [4.78, 5) is 11.6. The molecular formula is C19H19NO4S. The van der Waals surface area contributed by atoms with Gasteiger partial charge in [0.25, 0.3) is 0 Å². The first-order chi connectivity index (χ1) is 11.9. The van der Waals surface area contributed by atoms with Crippen LogP contribution in [0.5, 0.6) is 0 Å². The molecule has 0 aromatic heterocycles. The van der Waals surface area contributed by atoms with Crippen molar-refractivity contribution in [2.45, 2.75) is 38.0 Å². The van der Waals surface area contributed by atoms with Crippen LogP contribution in [0.25, 0.3) is 0 Å². The molecule has 0 fully saturated rings. The smallest absolute Gasteiger partial charge is 0.295 e. The number of oxime groups is 1. The Hall–Kier alpha value is -2.47. The summed E-state index contributed by atoms with van der Waals surface area (Å²) in [5.41, 5.74) is 4.04. The van der Waals surface area contributed by atoms with Gasteiger partial charge in [0.1, 0.15) is 4.90 Å². The van der Waals surface area contributed by atoms with E-state index in [4.69, 9.17) is 4.28 Å². The first-order valence-corrected chi connectivity index (χ1v) is 9.49. The number of aryl methyl sites for hydroxylation is 2. The van der Waals surface area contributed by atoms with E-state index in [9.17, 15) is 13.2 Å². The maximum absolute atomic E-state index is 12.3. The van der Waals surface area contributed by atoms with E-state index in [0.717, 1.165) is 29.5 Å². The van der Waals surface area contributed by atoms with Gasteiger partial charge in [0.2, 0.25) is 0 Å². The Labute approximate surface area is 147 Å². The lowest BCUT2D eigenvalue weighted by atomic mass is 9.88. The Morgan fingerprint density at radius 2 is 1.80 bits per heavy atom. The number of carbonyl (C=O) groups is 1. The highest BCUT2D eigenvalue weighted by Crippen LogP contribution is 2.24. The van der Waals surface area contributed by atoms with E-state index in [1.54, 1.807) is 18.2 Å². The first kappa shape index (κ1) is 17.4. The number of benzene rings is 2. The average Bonchev–Trinajstić information content (AvgIpc) is 2.59. The van der Waals surface area contributed by atoms with Crippen LogP contribution in [0.2, 0.25) is 0 Å². The van der Waals surface area contributed by atoms with Crippen molar-refractivity contribution in [2.24, 2.45) is 5.16 Å². The highest BCUT2D eigenvalue weighted by Gasteiger charge is 2.20. The number of nitrogens with zero attached hydrogens (tertiary/aromatic N) is 1. The molecule has 0 N–H and O–H groups in total. The standard InChI is InChI=1S/C19H19NO4S/c1-13-6-9-17(10-7-13)25(22,23)24-20-19-5-3-4-16-12-15(14(2)21)8-11-18(16)19/h6-12H,3-5H2,1-2H3/b20-19-. The summed E-state index contributed by atoms with van der Waals surface area (Å²) in [7, 11) is -3.94. The van der Waals surface area contributed by atoms with Crippen molar-refractivity contribution in [2.75, 3.05) is 0 Å². The predicted molar refractivity (Wildman–Crippen MR) is 95.4 cm³/mol. The molecule has 0 radical (unpaired) electrons. The lowest BCUT2D eigenvalue weighted by Crippen LogP contribution is -2.14. The Morgan fingerprint density at radius 3 is 2.48 bits per heavy atom. The van der Waals surface area contributed by atoms with E-state index < -0.39 is 10.1 Å². The monoisotopic (exact) mass is 357 g/mol. The third kappa shape index (κ3) is 3.79. The van der Waals surface area contributed by atoms with Crippen LogP contribution in [-0.2, 0) is 20.8 Å². The van der Waals surface area contributed by atoms with E-state index in [0.29, 0.717) is 17.7 Å². The average molecular weight is 357 g/mol. The number of hydrogen-bond donors (Lipinski definition) is 0. The fraction of sp³-hybridized carbons (Fsp3) is 0.263. The molecule has 0 saturated heterocycles. The van der Waals surface area contributed by atoms with Gasteiger partial charge in [0, 0.05) is 11.1 Å². The van der Waals surface area contributed by atoms with Gasteiger partial charge in [-0.25, -0.2) is 0 Å². The zero-order valence-electron chi connectivity index (χ0n) is 14.2. The Balaban J connectivity index is 1.88. The lowest BCUT2D eigenvalue weighted by molar-refractivity contribution is 0.101. The van der Waals surface area contributed by atoms with E-state index in [1.165, 1.54) is 19.1 Å². The number of Topliss-reactive ketones (excluding diaryl/α,β-unsaturated/α-hetero) is 1. The van der Waals surface area contributed by atoms with Crippen LogP contribution in [0.1, 0.15) is 46.8 Å². The van der Waals surface area contributed by atoms with Gasteiger partial charge in [-0.3, -0.25) is 9.08 Å². The topological polar surface area (TPSA) is 72.8 Å². The summed E-state index contributed by atoms with van der Waals surface area (Å²) in [6, 6.07) is 11.8. The van der Waals surface area contributed by atoms with Crippen LogP contribution < -0.4 is 0 Å². The minimum atomic E-state index is -3.94. The summed E-state index contributed by atoms with van der Waals surface area (Å²) in [5.74, 6) is 0.00469. The molecule has 25 heavy (non-hydrogen) atoms. The van der Waals surface area contributed by atoms with E-state index in [-0.39, 0.29) is 10.7 Å². The molecule has 0 bridgehead atoms. The Kier molecular flexibility index (Phi) is 4.72. The molecule has 0 atom stereocenters. The quantitative estimate of drug-likeness (QED) is 0.618. The maximum atomic E-state index is 12.3. The van der Waals surface area contributed by atoms with Crippen molar-refractivity contribution in [3.63, 3.8) is 0 Å². The summed E-state index contributed by atoms with van der Waals surface area (Å²) >= 11 is 0. The third-order valence-electron chi connectivity index (χ3n) is 4.24. The molecule has 3 rings (SSSR count). The van der Waals surface area contributed by atoms with Gasteiger partial charge >= 0.3 is 10.1 Å². The number of fused-ring (bicyclic) bond motifs is 1. The number of rotatable bonds is 4. The molecule has 130 valence electrons. The third-order valence-corrected chi connectivity index (χ3v) is 5.36. The molecule has 1 aliphatic rings. The van der Waals surface area contributed by atoms with Crippen molar-refractivity contribution in [3.05, 3.63) is 64.7 Å². The number of ketones is 1. The van der Waals surface area contributed by atoms with Crippen LogP contribution in [0.3, 0.4) is 0 Å². The van der Waals surface area contributed by atoms with Gasteiger partial charge in [-0.05, 0) is 56.9 Å². The number of hydrogen-bond acceptors (Lipinski definition) is 5. The molecule has 0 saturated carbocycles. The molecule has 6 heteroatoms. The summed E-state index contributed by atoms with van der Waals surface area (Å²) in [5, 5.41) is 3.91. The molecule has 1 aliphatic carbocycles. The molecule has 5 nitrogen and oxygen atoms in total. The predicted octanol–water partition coefficient (Wildman–Crippen LogP) is 3.64. The zero-order valence-corrected chi connectivity index (χ0v) is 15.0. The molecule has 0 heterocycles. The highest BCUT2D eigenvalue weighted by atomic mass is 32.2. The molecule has 0 spiro atoms. The van der Waals surface area contributed by atoms with Crippen molar-refractivity contribution >= 4 is 21.6 Å². The van der Waals surface area contributed by atoms with Gasteiger partial charge in [-0.2, -0.15) is 8.42 Å². The normalized spacial score (nSPS) is 15.7. The molecular weight excluding hydrogens is 338 g/mol. The second kappa shape index (κ2) is 6.80. The van der Waals surface area contributed by atoms with Gasteiger partial charge < -0.3 is 0 Å².